The smallest absolute Gasteiger partial charge is 0.455 e. The number of rotatable bonds is 9. The van der Waals surface area contributed by atoms with Crippen LogP contribution in [0.25, 0.3) is 11.6 Å². The van der Waals surface area contributed by atoms with Gasteiger partial charge in [-0.2, -0.15) is 0 Å². The fourth-order valence-corrected chi connectivity index (χ4v) is 7.47. The number of amides is 2. The molecule has 2 fully saturated rings. The summed E-state index contributed by atoms with van der Waals surface area (Å²) in [7, 11) is -1.08. The van der Waals surface area contributed by atoms with Gasteiger partial charge in [0.2, 0.25) is 11.8 Å². The summed E-state index contributed by atoms with van der Waals surface area (Å²) in [6.07, 6.45) is 3.35. The van der Waals surface area contributed by atoms with Crippen LogP contribution < -0.4 is 9.64 Å². The molecule has 0 unspecified atom stereocenters. The topological polar surface area (TPSA) is 96.3 Å². The Labute approximate surface area is 274 Å². The lowest BCUT2D eigenvalue weighted by atomic mass is 9.58. The predicted octanol–water partition coefficient (Wildman–Crippen LogP) is 6.79. The highest BCUT2D eigenvalue weighted by Gasteiger charge is 2.57. The van der Waals surface area contributed by atoms with Crippen molar-refractivity contribution in [3.63, 3.8) is 0 Å². The van der Waals surface area contributed by atoms with Crippen molar-refractivity contribution in [3.05, 3.63) is 138 Å². The van der Waals surface area contributed by atoms with E-state index in [9.17, 15) is 19.7 Å². The number of hydrogen-bond donors (Lipinski definition) is 2. The zero-order valence-corrected chi connectivity index (χ0v) is 25.9. The minimum Gasteiger partial charge on any atom is -0.508 e. The summed E-state index contributed by atoms with van der Waals surface area (Å²) in [5, 5.41) is 21.2. The summed E-state index contributed by atoms with van der Waals surface area (Å²) in [5.41, 5.74) is 5.45. The first-order valence-corrected chi connectivity index (χ1v) is 16.2. The maximum absolute atomic E-state index is 14.1. The summed E-state index contributed by atoms with van der Waals surface area (Å²) in [4.78, 5) is 29.3. The molecule has 4 atom stereocenters. The molecular weight excluding hydrogens is 589 g/mol. The fourth-order valence-electron chi connectivity index (χ4n) is 7.47. The summed E-state index contributed by atoms with van der Waals surface area (Å²) in [6, 6.07) is 35.8. The lowest BCUT2D eigenvalue weighted by molar-refractivity contribution is -0.122. The van der Waals surface area contributed by atoms with E-state index in [0.29, 0.717) is 30.7 Å². The molecule has 7 rings (SSSR count). The van der Waals surface area contributed by atoms with Crippen LogP contribution in [0.2, 0.25) is 6.32 Å². The first kappa shape index (κ1) is 30.7. The standard InChI is InChI=1S/C39H36BNO6/c42-31-16-10-11-26(22-31)21-28(27-12-4-1-5-13-27)19-20-35-36-29(25-46-32-17-8-3-9-18-32)23-33-37(34(36)24-40(45)47-35)39(44)41(38(33)43)30-14-6-2-7-15-30/h1-18,21-22,33-35,37,42,45H,19-20,23-25H2/b28-21-/t33-,34+,35-,37-/m1/s1. The molecule has 0 spiro atoms. The highest BCUT2D eigenvalue weighted by molar-refractivity contribution is 6.43. The molecule has 3 aliphatic rings. The van der Waals surface area contributed by atoms with Gasteiger partial charge in [-0.3, -0.25) is 14.5 Å². The van der Waals surface area contributed by atoms with Gasteiger partial charge in [-0.1, -0.05) is 84.9 Å². The number of allylic oxidation sites excluding steroid dienone is 1. The predicted molar refractivity (Wildman–Crippen MR) is 182 cm³/mol. The van der Waals surface area contributed by atoms with Crippen LogP contribution in [0, 0.1) is 17.8 Å². The van der Waals surface area contributed by atoms with Crippen molar-refractivity contribution < 1.29 is 29.1 Å². The monoisotopic (exact) mass is 625 g/mol. The number of imide groups is 1. The third-order valence-electron chi connectivity index (χ3n) is 9.51. The van der Waals surface area contributed by atoms with Crippen LogP contribution in [0.15, 0.2) is 126 Å². The Kier molecular flexibility index (Phi) is 8.79. The average Bonchev–Trinajstić information content (AvgIpc) is 3.35. The minimum atomic E-state index is -1.08. The quantitative estimate of drug-likeness (QED) is 0.0921. The van der Waals surface area contributed by atoms with Gasteiger partial charge in [0.25, 0.3) is 0 Å². The Morgan fingerprint density at radius 1 is 0.872 bits per heavy atom. The number of benzene rings is 4. The third-order valence-corrected chi connectivity index (χ3v) is 9.51. The van der Waals surface area contributed by atoms with E-state index >= 15 is 0 Å². The molecule has 2 aliphatic heterocycles. The molecule has 0 saturated carbocycles. The van der Waals surface area contributed by atoms with E-state index in [1.54, 1.807) is 24.3 Å². The molecule has 2 saturated heterocycles. The second-order valence-corrected chi connectivity index (χ2v) is 12.4. The lowest BCUT2D eigenvalue weighted by Gasteiger charge is -2.43. The number of carbonyl (C=O) groups is 2. The van der Waals surface area contributed by atoms with Crippen molar-refractivity contribution in [2.75, 3.05) is 11.5 Å². The van der Waals surface area contributed by atoms with Crippen LogP contribution in [0.4, 0.5) is 5.69 Å². The number of phenols is 1. The van der Waals surface area contributed by atoms with E-state index in [1.165, 1.54) is 4.90 Å². The molecule has 0 radical (unpaired) electrons. The Morgan fingerprint density at radius 3 is 2.30 bits per heavy atom. The number of fused-ring (bicyclic) bond motifs is 3. The van der Waals surface area contributed by atoms with Gasteiger partial charge >= 0.3 is 7.12 Å². The van der Waals surface area contributed by atoms with Gasteiger partial charge in [0, 0.05) is 0 Å². The van der Waals surface area contributed by atoms with E-state index < -0.39 is 25.1 Å². The highest BCUT2D eigenvalue weighted by atomic mass is 16.5. The second kappa shape index (κ2) is 13.4. The van der Waals surface area contributed by atoms with Crippen LogP contribution in [0.5, 0.6) is 11.5 Å². The van der Waals surface area contributed by atoms with Gasteiger partial charge in [-0.25, -0.2) is 0 Å². The zero-order chi connectivity index (χ0) is 32.3. The molecule has 2 amide bonds. The summed E-state index contributed by atoms with van der Waals surface area (Å²) in [6.45, 7) is 0.256. The molecule has 47 heavy (non-hydrogen) atoms. The van der Waals surface area contributed by atoms with Crippen LogP contribution >= 0.6 is 0 Å². The molecular formula is C39H36BNO6. The van der Waals surface area contributed by atoms with Crippen molar-refractivity contribution in [1.82, 2.24) is 0 Å². The molecule has 4 aromatic carbocycles. The van der Waals surface area contributed by atoms with Gasteiger partial charge in [0.15, 0.2) is 0 Å². The van der Waals surface area contributed by atoms with E-state index in [4.69, 9.17) is 9.39 Å². The maximum Gasteiger partial charge on any atom is 0.455 e. The number of anilines is 1. The Hall–Kier alpha value is -4.92. The van der Waals surface area contributed by atoms with Crippen LogP contribution in [-0.2, 0) is 14.2 Å². The Morgan fingerprint density at radius 2 is 1.57 bits per heavy atom. The Balaban J connectivity index is 1.24. The lowest BCUT2D eigenvalue weighted by Crippen LogP contribution is -2.46. The van der Waals surface area contributed by atoms with E-state index in [0.717, 1.165) is 27.8 Å². The number of nitrogens with zero attached hydrogens (tertiary/aromatic N) is 1. The minimum absolute atomic E-state index is 0.193. The number of carbonyl (C=O) groups excluding carboxylic acids is 2. The number of phenolic OH excluding ortho intramolecular Hbond substituents is 1. The van der Waals surface area contributed by atoms with Gasteiger partial charge in [0.05, 0.1) is 23.6 Å². The molecule has 236 valence electrons. The number of aromatic hydroxyl groups is 1. The fraction of sp³-hybridized carbons (Fsp3) is 0.231. The number of ether oxygens (including phenoxy) is 1. The van der Waals surface area contributed by atoms with Crippen molar-refractivity contribution >= 4 is 36.3 Å². The number of hydrogen-bond acceptors (Lipinski definition) is 6. The summed E-state index contributed by atoms with van der Waals surface area (Å²) in [5.74, 6) is -1.01. The SMILES string of the molecule is O=C1[C@@H]2[C@@H](CC(COc3ccccc3)=C3[C@@H](CC/C(=C/c4cccc(O)c4)c4ccccc4)OB(O)C[C@@H]32)C(=O)N1c1ccccc1. The molecule has 1 aliphatic carbocycles. The first-order chi connectivity index (χ1) is 23.0. The zero-order valence-electron chi connectivity index (χ0n) is 25.9. The molecule has 4 aromatic rings. The van der Waals surface area contributed by atoms with Gasteiger partial charge in [0.1, 0.15) is 18.1 Å². The van der Waals surface area contributed by atoms with Crippen molar-refractivity contribution in [2.24, 2.45) is 17.8 Å². The summed E-state index contributed by atoms with van der Waals surface area (Å²) >= 11 is 0. The van der Waals surface area contributed by atoms with E-state index in [1.807, 2.05) is 78.9 Å². The first-order valence-electron chi connectivity index (χ1n) is 16.2. The van der Waals surface area contributed by atoms with Crippen molar-refractivity contribution in [3.8, 4) is 11.5 Å². The molecule has 2 N–H and O–H groups in total. The maximum atomic E-state index is 14.1. The average molecular weight is 626 g/mol. The van der Waals surface area contributed by atoms with Gasteiger partial charge in [-0.15, -0.1) is 0 Å². The van der Waals surface area contributed by atoms with Crippen LogP contribution in [-0.4, -0.2) is 41.8 Å². The number of para-hydroxylation sites is 2. The van der Waals surface area contributed by atoms with Crippen LogP contribution in [0.1, 0.15) is 30.4 Å². The molecule has 0 bridgehead atoms. The van der Waals surface area contributed by atoms with Crippen LogP contribution in [0.3, 0.4) is 0 Å². The van der Waals surface area contributed by atoms with Crippen molar-refractivity contribution in [1.29, 1.82) is 0 Å². The molecule has 7 nitrogen and oxygen atoms in total. The van der Waals surface area contributed by atoms with E-state index in [-0.39, 0.29) is 36.4 Å². The van der Waals surface area contributed by atoms with Gasteiger partial charge < -0.3 is 19.5 Å². The van der Waals surface area contributed by atoms with E-state index in [2.05, 4.69) is 18.2 Å². The second-order valence-electron chi connectivity index (χ2n) is 12.4. The van der Waals surface area contributed by atoms with Gasteiger partial charge in [-0.05, 0) is 95.7 Å². The van der Waals surface area contributed by atoms with Crippen molar-refractivity contribution in [2.45, 2.75) is 31.7 Å². The highest BCUT2D eigenvalue weighted by Crippen LogP contribution is 2.51. The normalized spacial score (nSPS) is 22.7. The molecule has 0 aromatic heterocycles. The third kappa shape index (κ3) is 6.39. The summed E-state index contributed by atoms with van der Waals surface area (Å²) < 4.78 is 12.5. The molecule has 2 heterocycles. The largest absolute Gasteiger partial charge is 0.508 e. The molecule has 8 heteroatoms. The Bertz CT molecular complexity index is 1810.